The third-order valence-corrected chi connectivity index (χ3v) is 2.16. The van der Waals surface area contributed by atoms with Gasteiger partial charge in [0.05, 0.1) is 6.04 Å². The van der Waals surface area contributed by atoms with Gasteiger partial charge in [-0.3, -0.25) is 4.90 Å². The minimum Gasteiger partial charge on any atom is -0.511 e. The molecule has 1 heterocycles. The Balaban J connectivity index is 2.47. The highest BCUT2D eigenvalue weighted by Crippen LogP contribution is 2.18. The Kier molecular flexibility index (Phi) is 2.33. The molecule has 0 aromatic carbocycles. The molecule has 1 fully saturated rings. The van der Waals surface area contributed by atoms with Crippen LogP contribution in [0.5, 0.6) is 0 Å². The molecule has 1 atom stereocenters. The summed E-state index contributed by atoms with van der Waals surface area (Å²) in [5, 5.41) is 9.11. The number of likely N-dealkylation sites (N-methyl/N-ethyl adjacent to an activating group) is 1. The minimum atomic E-state index is 0.216. The number of likely N-dealkylation sites (tertiary alicyclic amines) is 1. The van der Waals surface area contributed by atoms with Crippen molar-refractivity contribution in [1.82, 2.24) is 4.90 Å². The summed E-state index contributed by atoms with van der Waals surface area (Å²) in [6.45, 7) is 4.63. The molecule has 1 unspecified atom stereocenters. The van der Waals surface area contributed by atoms with Crippen LogP contribution in [0.1, 0.15) is 19.3 Å². The van der Waals surface area contributed by atoms with Gasteiger partial charge >= 0.3 is 0 Å². The molecule has 1 rings (SSSR count). The fourth-order valence-corrected chi connectivity index (χ4v) is 1.50. The van der Waals surface area contributed by atoms with Crippen LogP contribution in [0, 0.1) is 0 Å². The first-order chi connectivity index (χ1) is 4.72. The maximum absolute atomic E-state index is 9.11. The minimum absolute atomic E-state index is 0.216. The fourth-order valence-electron chi connectivity index (χ4n) is 1.50. The topological polar surface area (TPSA) is 23.5 Å². The summed E-state index contributed by atoms with van der Waals surface area (Å²) in [6.07, 6.45) is 3.53. The van der Waals surface area contributed by atoms with E-state index in [2.05, 4.69) is 11.5 Å². The zero-order valence-corrected chi connectivity index (χ0v) is 6.51. The lowest BCUT2D eigenvalue weighted by Gasteiger charge is -2.31. The molecule has 0 aliphatic carbocycles. The highest BCUT2D eigenvalue weighted by Gasteiger charge is 2.20. The van der Waals surface area contributed by atoms with E-state index in [0.717, 1.165) is 13.0 Å². The van der Waals surface area contributed by atoms with E-state index in [1.54, 1.807) is 0 Å². The van der Waals surface area contributed by atoms with E-state index >= 15 is 0 Å². The number of rotatable bonds is 1. The number of hydrogen-bond acceptors (Lipinski definition) is 2. The Labute approximate surface area is 62.2 Å². The van der Waals surface area contributed by atoms with Crippen molar-refractivity contribution >= 4 is 0 Å². The second-order valence-corrected chi connectivity index (χ2v) is 2.98. The Morgan fingerprint density at radius 3 is 2.70 bits per heavy atom. The van der Waals surface area contributed by atoms with Crippen LogP contribution in [0.15, 0.2) is 12.3 Å². The van der Waals surface area contributed by atoms with Crippen LogP contribution in [-0.4, -0.2) is 29.6 Å². The number of piperidine rings is 1. The fraction of sp³-hybridized carbons (Fsp3) is 0.750. The largest absolute Gasteiger partial charge is 0.511 e. The van der Waals surface area contributed by atoms with Crippen LogP contribution >= 0.6 is 0 Å². The predicted molar refractivity (Wildman–Crippen MR) is 42.0 cm³/mol. The van der Waals surface area contributed by atoms with Gasteiger partial charge in [-0.25, -0.2) is 0 Å². The first-order valence-electron chi connectivity index (χ1n) is 3.80. The molecule has 1 saturated heterocycles. The van der Waals surface area contributed by atoms with Crippen molar-refractivity contribution in [3.63, 3.8) is 0 Å². The Hall–Kier alpha value is -0.500. The molecule has 0 aromatic heterocycles. The molecule has 2 heteroatoms. The second-order valence-electron chi connectivity index (χ2n) is 2.98. The van der Waals surface area contributed by atoms with Gasteiger partial charge in [-0.15, -0.1) is 0 Å². The third kappa shape index (κ3) is 1.51. The molecule has 58 valence electrons. The van der Waals surface area contributed by atoms with Crippen molar-refractivity contribution in [3.05, 3.63) is 12.3 Å². The maximum atomic E-state index is 9.11. The first-order valence-corrected chi connectivity index (χ1v) is 3.80. The van der Waals surface area contributed by atoms with Crippen molar-refractivity contribution in [2.24, 2.45) is 0 Å². The monoisotopic (exact) mass is 141 g/mol. The number of nitrogens with zero attached hydrogens (tertiary/aromatic N) is 1. The van der Waals surface area contributed by atoms with Crippen molar-refractivity contribution in [2.75, 3.05) is 13.6 Å². The maximum Gasteiger partial charge on any atom is 0.102 e. The summed E-state index contributed by atoms with van der Waals surface area (Å²) < 4.78 is 0. The van der Waals surface area contributed by atoms with Gasteiger partial charge in [0.25, 0.3) is 0 Å². The van der Waals surface area contributed by atoms with E-state index in [1.165, 1.54) is 12.8 Å². The molecule has 0 saturated carbocycles. The van der Waals surface area contributed by atoms with E-state index in [1.807, 2.05) is 7.05 Å². The van der Waals surface area contributed by atoms with E-state index in [9.17, 15) is 0 Å². The second kappa shape index (κ2) is 3.06. The van der Waals surface area contributed by atoms with E-state index in [-0.39, 0.29) is 6.04 Å². The van der Waals surface area contributed by atoms with Crippen LogP contribution < -0.4 is 0 Å². The molecule has 0 aromatic rings. The number of hydrogen-bond donors (Lipinski definition) is 1. The third-order valence-electron chi connectivity index (χ3n) is 2.16. The van der Waals surface area contributed by atoms with Crippen LogP contribution in [0.4, 0.5) is 0 Å². The smallest absolute Gasteiger partial charge is 0.102 e. The molecule has 10 heavy (non-hydrogen) atoms. The van der Waals surface area contributed by atoms with Crippen LogP contribution in [0.2, 0.25) is 0 Å². The lowest BCUT2D eigenvalue weighted by atomic mass is 10.0. The zero-order chi connectivity index (χ0) is 7.56. The Bertz CT molecular complexity index is 133. The van der Waals surface area contributed by atoms with Crippen molar-refractivity contribution in [2.45, 2.75) is 25.3 Å². The lowest BCUT2D eigenvalue weighted by Crippen LogP contribution is -2.37. The summed E-state index contributed by atoms with van der Waals surface area (Å²) in [4.78, 5) is 2.16. The predicted octanol–water partition coefficient (Wildman–Crippen LogP) is 1.54. The van der Waals surface area contributed by atoms with Gasteiger partial charge in [-0.2, -0.15) is 0 Å². The molecule has 1 aliphatic rings. The number of aliphatic hydroxyl groups excluding tert-OH is 1. The average Bonchev–Trinajstić information content (AvgIpc) is 1.88. The number of aliphatic hydroxyl groups is 1. The first kappa shape index (κ1) is 7.61. The van der Waals surface area contributed by atoms with Gasteiger partial charge in [0.2, 0.25) is 0 Å². The van der Waals surface area contributed by atoms with Gasteiger partial charge in [0, 0.05) is 0 Å². The van der Waals surface area contributed by atoms with Crippen LogP contribution in [0.25, 0.3) is 0 Å². The normalized spacial score (nSPS) is 28.3. The van der Waals surface area contributed by atoms with Gasteiger partial charge in [0.1, 0.15) is 5.76 Å². The Morgan fingerprint density at radius 1 is 1.60 bits per heavy atom. The van der Waals surface area contributed by atoms with Crippen LogP contribution in [-0.2, 0) is 0 Å². The highest BCUT2D eigenvalue weighted by atomic mass is 16.3. The van der Waals surface area contributed by atoms with Crippen LogP contribution in [0.3, 0.4) is 0 Å². The molecule has 0 radical (unpaired) electrons. The summed E-state index contributed by atoms with van der Waals surface area (Å²) in [5.74, 6) is 0.321. The summed E-state index contributed by atoms with van der Waals surface area (Å²) in [7, 11) is 2.03. The van der Waals surface area contributed by atoms with Gasteiger partial charge in [-0.05, 0) is 26.4 Å². The van der Waals surface area contributed by atoms with Gasteiger partial charge in [0.15, 0.2) is 0 Å². The quantitative estimate of drug-likeness (QED) is 0.560. The van der Waals surface area contributed by atoms with Gasteiger partial charge in [-0.1, -0.05) is 13.0 Å². The molecule has 0 bridgehead atoms. The van der Waals surface area contributed by atoms with Gasteiger partial charge < -0.3 is 5.11 Å². The molecule has 2 nitrogen and oxygen atoms in total. The molecular formula is C8H15NO. The SMILES string of the molecule is C=C(O)C1CCCCN1C. The summed E-state index contributed by atoms with van der Waals surface area (Å²) >= 11 is 0. The lowest BCUT2D eigenvalue weighted by molar-refractivity contribution is 0.166. The zero-order valence-electron chi connectivity index (χ0n) is 6.51. The Morgan fingerprint density at radius 2 is 2.30 bits per heavy atom. The standard InChI is InChI=1S/C8H15NO/c1-7(10)8-5-3-4-6-9(8)2/h8,10H,1,3-6H2,2H3. The molecule has 1 N–H and O–H groups in total. The molecule has 0 spiro atoms. The average molecular weight is 141 g/mol. The summed E-state index contributed by atoms with van der Waals surface area (Å²) in [5.41, 5.74) is 0. The van der Waals surface area contributed by atoms with E-state index in [0.29, 0.717) is 5.76 Å². The highest BCUT2D eigenvalue weighted by molar-refractivity contribution is 4.96. The van der Waals surface area contributed by atoms with Crippen molar-refractivity contribution < 1.29 is 5.11 Å². The van der Waals surface area contributed by atoms with Crippen molar-refractivity contribution in [1.29, 1.82) is 0 Å². The van der Waals surface area contributed by atoms with E-state index < -0.39 is 0 Å². The molecule has 0 amide bonds. The van der Waals surface area contributed by atoms with E-state index in [4.69, 9.17) is 5.11 Å². The molecular weight excluding hydrogens is 126 g/mol. The molecule has 1 aliphatic heterocycles. The van der Waals surface area contributed by atoms with Crippen molar-refractivity contribution in [3.8, 4) is 0 Å². The summed E-state index contributed by atoms with van der Waals surface area (Å²) in [6, 6.07) is 0.216.